The highest BCUT2D eigenvalue weighted by Gasteiger charge is 2.33. The van der Waals surface area contributed by atoms with E-state index in [2.05, 4.69) is 20.5 Å². The summed E-state index contributed by atoms with van der Waals surface area (Å²) < 4.78 is 0. The van der Waals surface area contributed by atoms with Crippen LogP contribution < -0.4 is 5.32 Å². The van der Waals surface area contributed by atoms with Crippen LogP contribution in [0.4, 0.5) is 0 Å². The Labute approximate surface area is 103 Å². The number of hydrogen-bond donors (Lipinski definition) is 3. The molecule has 0 fully saturated rings. The summed E-state index contributed by atoms with van der Waals surface area (Å²) in [6.45, 7) is 0.228. The fourth-order valence-electron chi connectivity index (χ4n) is 1.99. The lowest BCUT2D eigenvalue weighted by molar-refractivity contribution is -0.147. The van der Waals surface area contributed by atoms with E-state index in [-0.39, 0.29) is 12.5 Å². The van der Waals surface area contributed by atoms with Crippen LogP contribution in [-0.2, 0) is 16.1 Å². The number of rotatable bonds is 4. The first kappa shape index (κ1) is 12.3. The van der Waals surface area contributed by atoms with Crippen LogP contribution >= 0.6 is 0 Å². The molecule has 18 heavy (non-hydrogen) atoms. The number of nitrogens with zero attached hydrogens (tertiary/aromatic N) is 2. The number of amides is 1. The lowest BCUT2D eigenvalue weighted by atomic mass is 9.82. The highest BCUT2D eigenvalue weighted by molar-refractivity contribution is 5.85. The SMILES string of the molecule is O=C(O)C1CC=CCC1C(=O)NCc1ncn[nH]1. The summed E-state index contributed by atoms with van der Waals surface area (Å²) >= 11 is 0. The Morgan fingerprint density at radius 2 is 2.11 bits per heavy atom. The van der Waals surface area contributed by atoms with Crippen molar-refractivity contribution in [1.82, 2.24) is 20.5 Å². The topological polar surface area (TPSA) is 108 Å². The molecule has 1 aliphatic carbocycles. The van der Waals surface area contributed by atoms with Crippen molar-refractivity contribution in [3.05, 3.63) is 24.3 Å². The average Bonchev–Trinajstić information content (AvgIpc) is 2.89. The molecule has 1 aromatic rings. The van der Waals surface area contributed by atoms with E-state index in [9.17, 15) is 9.59 Å². The Kier molecular flexibility index (Phi) is 3.71. The molecule has 7 heteroatoms. The molecule has 1 aromatic heterocycles. The highest BCUT2D eigenvalue weighted by Crippen LogP contribution is 2.25. The van der Waals surface area contributed by atoms with Gasteiger partial charge in [-0.3, -0.25) is 14.7 Å². The minimum atomic E-state index is -0.931. The van der Waals surface area contributed by atoms with Crippen LogP contribution in [0.2, 0.25) is 0 Å². The first-order valence-electron chi connectivity index (χ1n) is 5.68. The number of carbonyl (C=O) groups is 2. The van der Waals surface area contributed by atoms with E-state index in [0.717, 1.165) is 0 Å². The maximum Gasteiger partial charge on any atom is 0.307 e. The van der Waals surface area contributed by atoms with Gasteiger partial charge in [0.25, 0.3) is 0 Å². The van der Waals surface area contributed by atoms with Crippen LogP contribution in [0, 0.1) is 11.8 Å². The normalized spacial score (nSPS) is 22.7. The summed E-state index contributed by atoms with van der Waals surface area (Å²) in [7, 11) is 0. The Hall–Kier alpha value is -2.18. The molecule has 2 atom stereocenters. The summed E-state index contributed by atoms with van der Waals surface area (Å²) in [5.41, 5.74) is 0. The number of aliphatic carboxylic acids is 1. The van der Waals surface area contributed by atoms with Crippen molar-refractivity contribution in [2.75, 3.05) is 0 Å². The predicted molar refractivity (Wildman–Crippen MR) is 61.2 cm³/mol. The van der Waals surface area contributed by atoms with Crippen molar-refractivity contribution in [3.8, 4) is 0 Å². The van der Waals surface area contributed by atoms with Gasteiger partial charge in [-0.25, -0.2) is 4.98 Å². The van der Waals surface area contributed by atoms with Crippen LogP contribution in [0.15, 0.2) is 18.5 Å². The van der Waals surface area contributed by atoms with E-state index in [4.69, 9.17) is 5.11 Å². The number of hydrogen-bond acceptors (Lipinski definition) is 4. The van der Waals surface area contributed by atoms with Gasteiger partial charge in [-0.1, -0.05) is 12.2 Å². The maximum absolute atomic E-state index is 11.9. The Bertz CT molecular complexity index is 455. The van der Waals surface area contributed by atoms with Gasteiger partial charge < -0.3 is 10.4 Å². The second kappa shape index (κ2) is 5.44. The van der Waals surface area contributed by atoms with Crippen molar-refractivity contribution in [1.29, 1.82) is 0 Å². The molecule has 7 nitrogen and oxygen atoms in total. The summed E-state index contributed by atoms with van der Waals surface area (Å²) in [4.78, 5) is 26.9. The van der Waals surface area contributed by atoms with E-state index in [1.807, 2.05) is 6.08 Å². The maximum atomic E-state index is 11.9. The summed E-state index contributed by atoms with van der Waals surface area (Å²) in [5, 5.41) is 18.0. The first-order valence-corrected chi connectivity index (χ1v) is 5.68. The van der Waals surface area contributed by atoms with Crippen LogP contribution in [-0.4, -0.2) is 32.2 Å². The van der Waals surface area contributed by atoms with Crippen molar-refractivity contribution in [2.24, 2.45) is 11.8 Å². The molecule has 0 aromatic carbocycles. The zero-order chi connectivity index (χ0) is 13.0. The third-order valence-electron chi connectivity index (χ3n) is 2.98. The lowest BCUT2D eigenvalue weighted by Crippen LogP contribution is -2.38. The molecule has 96 valence electrons. The van der Waals surface area contributed by atoms with Gasteiger partial charge in [0.2, 0.25) is 5.91 Å². The molecule has 0 bridgehead atoms. The van der Waals surface area contributed by atoms with Gasteiger partial charge in [0, 0.05) is 0 Å². The third kappa shape index (κ3) is 2.73. The molecule has 0 aliphatic heterocycles. The number of carboxylic acid groups (broad SMARTS) is 1. The minimum absolute atomic E-state index is 0.228. The van der Waals surface area contributed by atoms with Gasteiger partial charge in [-0.05, 0) is 12.8 Å². The van der Waals surface area contributed by atoms with Gasteiger partial charge in [-0.15, -0.1) is 0 Å². The molecule has 0 saturated carbocycles. The molecule has 1 heterocycles. The second-order valence-electron chi connectivity index (χ2n) is 4.14. The van der Waals surface area contributed by atoms with Crippen LogP contribution in [0.5, 0.6) is 0 Å². The number of aromatic amines is 1. The Balaban J connectivity index is 1.94. The summed E-state index contributed by atoms with van der Waals surface area (Å²) in [6, 6.07) is 0. The Morgan fingerprint density at radius 3 is 2.72 bits per heavy atom. The number of carbonyl (C=O) groups excluding carboxylic acids is 1. The van der Waals surface area contributed by atoms with E-state index >= 15 is 0 Å². The van der Waals surface area contributed by atoms with Crippen molar-refractivity contribution >= 4 is 11.9 Å². The molecule has 2 unspecified atom stereocenters. The molecule has 0 radical (unpaired) electrons. The van der Waals surface area contributed by atoms with Crippen molar-refractivity contribution in [3.63, 3.8) is 0 Å². The molecule has 3 N–H and O–H groups in total. The summed E-state index contributed by atoms with van der Waals surface area (Å²) in [6.07, 6.45) is 5.86. The second-order valence-corrected chi connectivity index (χ2v) is 4.14. The molecule has 1 aliphatic rings. The molecule has 2 rings (SSSR count). The number of aromatic nitrogens is 3. The van der Waals surface area contributed by atoms with Crippen LogP contribution in [0.1, 0.15) is 18.7 Å². The van der Waals surface area contributed by atoms with Gasteiger partial charge in [0.1, 0.15) is 12.2 Å². The van der Waals surface area contributed by atoms with Crippen LogP contribution in [0.25, 0.3) is 0 Å². The molecule has 1 amide bonds. The number of carboxylic acids is 1. The number of nitrogens with one attached hydrogen (secondary N) is 2. The fraction of sp³-hybridized carbons (Fsp3) is 0.455. The third-order valence-corrected chi connectivity index (χ3v) is 2.98. The van der Waals surface area contributed by atoms with E-state index in [1.54, 1.807) is 6.08 Å². The summed E-state index contributed by atoms with van der Waals surface area (Å²) in [5.74, 6) is -1.82. The largest absolute Gasteiger partial charge is 0.481 e. The smallest absolute Gasteiger partial charge is 0.307 e. The Morgan fingerprint density at radius 1 is 1.39 bits per heavy atom. The number of H-pyrrole nitrogens is 1. The molecular weight excluding hydrogens is 236 g/mol. The standard InChI is InChI=1S/C11H14N4O3/c16-10(12-5-9-13-6-14-15-9)7-3-1-2-4-8(7)11(17)18/h1-2,6-8H,3-5H2,(H,12,16)(H,17,18)(H,13,14,15). The monoisotopic (exact) mass is 250 g/mol. The number of allylic oxidation sites excluding steroid dienone is 2. The van der Waals surface area contributed by atoms with E-state index in [1.165, 1.54) is 6.33 Å². The fourth-order valence-corrected chi connectivity index (χ4v) is 1.99. The minimum Gasteiger partial charge on any atom is -0.481 e. The van der Waals surface area contributed by atoms with E-state index < -0.39 is 17.8 Å². The predicted octanol–water partition coefficient (Wildman–Crippen LogP) is 0.0879. The zero-order valence-corrected chi connectivity index (χ0v) is 9.67. The van der Waals surface area contributed by atoms with Gasteiger partial charge in [0.15, 0.2) is 0 Å². The van der Waals surface area contributed by atoms with Crippen molar-refractivity contribution < 1.29 is 14.7 Å². The zero-order valence-electron chi connectivity index (χ0n) is 9.67. The average molecular weight is 250 g/mol. The molecule has 0 saturated heterocycles. The van der Waals surface area contributed by atoms with E-state index in [0.29, 0.717) is 18.7 Å². The highest BCUT2D eigenvalue weighted by atomic mass is 16.4. The lowest BCUT2D eigenvalue weighted by Gasteiger charge is -2.23. The molecular formula is C11H14N4O3. The molecule has 0 spiro atoms. The van der Waals surface area contributed by atoms with Gasteiger partial charge in [-0.2, -0.15) is 5.10 Å². The van der Waals surface area contributed by atoms with Gasteiger partial charge in [0.05, 0.1) is 18.4 Å². The first-order chi connectivity index (χ1) is 8.68. The van der Waals surface area contributed by atoms with Gasteiger partial charge >= 0.3 is 5.97 Å². The van der Waals surface area contributed by atoms with Crippen molar-refractivity contribution in [2.45, 2.75) is 19.4 Å². The quantitative estimate of drug-likeness (QED) is 0.656. The van der Waals surface area contributed by atoms with Crippen LogP contribution in [0.3, 0.4) is 0 Å².